The number of carbonyl (C=O) groups is 1. The van der Waals surface area contributed by atoms with Gasteiger partial charge in [0.05, 0.1) is 11.7 Å². The topological polar surface area (TPSA) is 49.8 Å². The van der Waals surface area contributed by atoms with Gasteiger partial charge in [-0.2, -0.15) is 0 Å². The summed E-state index contributed by atoms with van der Waals surface area (Å²) in [5.41, 5.74) is 0.0326. The van der Waals surface area contributed by atoms with Gasteiger partial charge in [-0.3, -0.25) is 4.79 Å². The Morgan fingerprint density at radius 3 is 2.82 bits per heavy atom. The summed E-state index contributed by atoms with van der Waals surface area (Å²) >= 11 is 0. The maximum Gasteiger partial charge on any atom is 0.303 e. The second kappa shape index (κ2) is 4.94. The average molecular weight is 241 g/mol. The van der Waals surface area contributed by atoms with Crippen LogP contribution in [0.15, 0.2) is 0 Å². The van der Waals surface area contributed by atoms with E-state index in [1.807, 2.05) is 0 Å². The lowest BCUT2D eigenvalue weighted by atomic mass is 10.1. The van der Waals surface area contributed by atoms with Crippen LogP contribution in [0, 0.1) is 5.92 Å². The molecule has 0 saturated carbocycles. The van der Waals surface area contributed by atoms with Gasteiger partial charge in [-0.25, -0.2) is 0 Å². The Kier molecular flexibility index (Phi) is 3.73. The van der Waals surface area contributed by atoms with Gasteiger partial charge in [-0.1, -0.05) is 0 Å². The van der Waals surface area contributed by atoms with Crippen LogP contribution in [-0.2, 0) is 9.53 Å². The van der Waals surface area contributed by atoms with Crippen LogP contribution >= 0.6 is 0 Å². The van der Waals surface area contributed by atoms with Crippen molar-refractivity contribution in [2.24, 2.45) is 5.92 Å². The number of hydrogen-bond acceptors (Lipinski definition) is 3. The van der Waals surface area contributed by atoms with Gasteiger partial charge in [0.2, 0.25) is 0 Å². The minimum Gasteiger partial charge on any atom is -0.481 e. The van der Waals surface area contributed by atoms with Crippen molar-refractivity contribution in [2.45, 2.75) is 51.2 Å². The summed E-state index contributed by atoms with van der Waals surface area (Å²) in [6.07, 6.45) is 3.93. The quantitative estimate of drug-likeness (QED) is 0.814. The monoisotopic (exact) mass is 241 g/mol. The summed E-state index contributed by atoms with van der Waals surface area (Å²) in [5, 5.41) is 8.77. The van der Waals surface area contributed by atoms with Crippen molar-refractivity contribution >= 4 is 5.97 Å². The molecule has 98 valence electrons. The molecule has 4 nitrogen and oxygen atoms in total. The Labute approximate surface area is 103 Å². The van der Waals surface area contributed by atoms with Crippen molar-refractivity contribution < 1.29 is 14.6 Å². The van der Waals surface area contributed by atoms with Crippen molar-refractivity contribution in [1.82, 2.24) is 4.90 Å². The Bertz CT molecular complexity index is 290. The SMILES string of the molecule is CC1(C)CCC(CN2CCC(CC(=O)O)C2)O1. The molecule has 1 N–H and O–H groups in total. The first-order valence-corrected chi connectivity index (χ1v) is 6.56. The molecule has 0 aromatic heterocycles. The fourth-order valence-corrected chi connectivity index (χ4v) is 2.99. The molecule has 0 aliphatic carbocycles. The zero-order chi connectivity index (χ0) is 12.5. The molecule has 2 unspecified atom stereocenters. The van der Waals surface area contributed by atoms with Crippen LogP contribution in [0.25, 0.3) is 0 Å². The molecule has 2 fully saturated rings. The molecular weight excluding hydrogens is 218 g/mol. The predicted octanol–water partition coefficient (Wildman–Crippen LogP) is 1.74. The van der Waals surface area contributed by atoms with Gasteiger partial charge >= 0.3 is 5.97 Å². The molecular formula is C13H23NO3. The van der Waals surface area contributed by atoms with E-state index in [4.69, 9.17) is 9.84 Å². The van der Waals surface area contributed by atoms with E-state index < -0.39 is 5.97 Å². The van der Waals surface area contributed by atoms with E-state index in [0.717, 1.165) is 38.9 Å². The molecule has 2 aliphatic heterocycles. The number of carboxylic acids is 1. The molecule has 0 bridgehead atoms. The van der Waals surface area contributed by atoms with E-state index in [9.17, 15) is 4.79 Å². The predicted molar refractivity (Wildman–Crippen MR) is 65.0 cm³/mol. The number of hydrogen-bond donors (Lipinski definition) is 1. The molecule has 4 heteroatoms. The Balaban J connectivity index is 1.73. The Morgan fingerprint density at radius 1 is 1.47 bits per heavy atom. The molecule has 0 aromatic rings. The van der Waals surface area contributed by atoms with Crippen LogP contribution in [0.1, 0.15) is 39.5 Å². The highest BCUT2D eigenvalue weighted by atomic mass is 16.5. The fraction of sp³-hybridized carbons (Fsp3) is 0.923. The fourth-order valence-electron chi connectivity index (χ4n) is 2.99. The third kappa shape index (κ3) is 3.68. The molecule has 0 radical (unpaired) electrons. The molecule has 0 spiro atoms. The van der Waals surface area contributed by atoms with Gasteiger partial charge < -0.3 is 14.7 Å². The lowest BCUT2D eigenvalue weighted by Gasteiger charge is -2.23. The first-order chi connectivity index (χ1) is 7.94. The highest BCUT2D eigenvalue weighted by Gasteiger charge is 2.34. The molecule has 2 saturated heterocycles. The number of rotatable bonds is 4. The standard InChI is InChI=1S/C13H23NO3/c1-13(2)5-3-11(17-13)9-14-6-4-10(8-14)7-12(15)16/h10-11H,3-9H2,1-2H3,(H,15,16). The first-order valence-electron chi connectivity index (χ1n) is 6.56. The normalized spacial score (nSPS) is 33.1. The average Bonchev–Trinajstić information content (AvgIpc) is 2.73. The van der Waals surface area contributed by atoms with E-state index in [0.29, 0.717) is 18.4 Å². The van der Waals surface area contributed by atoms with Gasteiger partial charge in [-0.15, -0.1) is 0 Å². The van der Waals surface area contributed by atoms with Crippen LogP contribution in [-0.4, -0.2) is 47.3 Å². The van der Waals surface area contributed by atoms with Gasteiger partial charge in [0.15, 0.2) is 0 Å². The Hall–Kier alpha value is -0.610. The Morgan fingerprint density at radius 2 is 2.24 bits per heavy atom. The summed E-state index contributed by atoms with van der Waals surface area (Å²) in [4.78, 5) is 13.0. The molecule has 2 rings (SSSR count). The number of ether oxygens (including phenoxy) is 1. The van der Waals surface area contributed by atoms with Crippen molar-refractivity contribution in [3.8, 4) is 0 Å². The molecule has 0 aromatic carbocycles. The summed E-state index contributed by atoms with van der Waals surface area (Å²) in [5.74, 6) is -0.336. The summed E-state index contributed by atoms with van der Waals surface area (Å²) in [6, 6.07) is 0. The van der Waals surface area contributed by atoms with Gasteiger partial charge in [-0.05, 0) is 45.6 Å². The highest BCUT2D eigenvalue weighted by molar-refractivity contribution is 5.67. The maximum atomic E-state index is 10.6. The van der Waals surface area contributed by atoms with Crippen LogP contribution in [0.3, 0.4) is 0 Å². The third-order valence-electron chi connectivity index (χ3n) is 3.85. The minimum absolute atomic E-state index is 0.0326. The largest absolute Gasteiger partial charge is 0.481 e. The van der Waals surface area contributed by atoms with E-state index in [1.54, 1.807) is 0 Å². The van der Waals surface area contributed by atoms with E-state index in [2.05, 4.69) is 18.7 Å². The second-order valence-electron chi connectivity index (χ2n) is 6.05. The molecule has 2 atom stereocenters. The number of likely N-dealkylation sites (tertiary alicyclic amines) is 1. The van der Waals surface area contributed by atoms with Gasteiger partial charge in [0.1, 0.15) is 0 Å². The van der Waals surface area contributed by atoms with E-state index >= 15 is 0 Å². The number of carboxylic acid groups (broad SMARTS) is 1. The minimum atomic E-state index is -0.671. The van der Waals surface area contributed by atoms with Crippen molar-refractivity contribution in [3.63, 3.8) is 0 Å². The summed E-state index contributed by atoms with van der Waals surface area (Å²) in [6.45, 7) is 7.21. The van der Waals surface area contributed by atoms with Crippen LogP contribution in [0.5, 0.6) is 0 Å². The van der Waals surface area contributed by atoms with E-state index in [1.165, 1.54) is 0 Å². The highest BCUT2D eigenvalue weighted by Crippen LogP contribution is 2.30. The molecule has 2 aliphatic rings. The molecule has 17 heavy (non-hydrogen) atoms. The second-order valence-corrected chi connectivity index (χ2v) is 6.05. The zero-order valence-corrected chi connectivity index (χ0v) is 10.8. The summed E-state index contributed by atoms with van der Waals surface area (Å²) in [7, 11) is 0. The number of nitrogens with zero attached hydrogens (tertiary/aromatic N) is 1. The molecule has 2 heterocycles. The maximum absolute atomic E-state index is 10.6. The van der Waals surface area contributed by atoms with Crippen LogP contribution < -0.4 is 0 Å². The third-order valence-corrected chi connectivity index (χ3v) is 3.85. The lowest BCUT2D eigenvalue weighted by Crippen LogP contribution is -2.32. The van der Waals surface area contributed by atoms with Crippen LogP contribution in [0.2, 0.25) is 0 Å². The molecule has 0 amide bonds. The number of aliphatic carboxylic acids is 1. The van der Waals surface area contributed by atoms with Crippen molar-refractivity contribution in [1.29, 1.82) is 0 Å². The van der Waals surface area contributed by atoms with Crippen molar-refractivity contribution in [2.75, 3.05) is 19.6 Å². The van der Waals surface area contributed by atoms with Gasteiger partial charge in [0, 0.05) is 19.5 Å². The van der Waals surface area contributed by atoms with Crippen LogP contribution in [0.4, 0.5) is 0 Å². The van der Waals surface area contributed by atoms with Gasteiger partial charge in [0.25, 0.3) is 0 Å². The smallest absolute Gasteiger partial charge is 0.303 e. The van der Waals surface area contributed by atoms with Crippen molar-refractivity contribution in [3.05, 3.63) is 0 Å². The lowest BCUT2D eigenvalue weighted by molar-refractivity contribution is -0.138. The first kappa shape index (κ1) is 12.8. The van der Waals surface area contributed by atoms with E-state index in [-0.39, 0.29) is 5.60 Å². The summed E-state index contributed by atoms with van der Waals surface area (Å²) < 4.78 is 5.97. The zero-order valence-electron chi connectivity index (χ0n) is 10.8.